The molecule has 1 atom stereocenters. The topological polar surface area (TPSA) is 29.5 Å². The van der Waals surface area contributed by atoms with E-state index >= 15 is 0 Å². The van der Waals surface area contributed by atoms with E-state index in [-0.39, 0.29) is 12.8 Å². The zero-order valence-electron chi connectivity index (χ0n) is 14.0. The number of amides is 1. The van der Waals surface area contributed by atoms with Crippen LogP contribution in [-0.4, -0.2) is 35.1 Å². The summed E-state index contributed by atoms with van der Waals surface area (Å²) < 4.78 is 34.6. The minimum Gasteiger partial charge on any atom is -0.444 e. The number of halogens is 2. The van der Waals surface area contributed by atoms with Gasteiger partial charge in [0.1, 0.15) is 11.6 Å². The minimum absolute atomic E-state index is 0.132. The number of carbonyl (C=O) groups is 1. The summed E-state index contributed by atoms with van der Waals surface area (Å²) >= 11 is 0. The molecule has 1 amide bonds. The van der Waals surface area contributed by atoms with Crippen molar-refractivity contribution in [3.63, 3.8) is 0 Å². The number of ether oxygens (including phenoxy) is 1. The zero-order valence-corrected chi connectivity index (χ0v) is 14.0. The summed E-state index contributed by atoms with van der Waals surface area (Å²) in [5.41, 5.74) is 0.100. The van der Waals surface area contributed by atoms with Crippen molar-refractivity contribution in [2.75, 3.05) is 6.54 Å². The summed E-state index contributed by atoms with van der Waals surface area (Å²) in [4.78, 5) is 13.7. The van der Waals surface area contributed by atoms with Crippen LogP contribution in [0.25, 0.3) is 0 Å². The van der Waals surface area contributed by atoms with E-state index in [4.69, 9.17) is 4.74 Å². The molecule has 1 aromatic carbocycles. The van der Waals surface area contributed by atoms with E-state index in [0.717, 1.165) is 5.56 Å². The first-order chi connectivity index (χ1) is 10.7. The van der Waals surface area contributed by atoms with Crippen molar-refractivity contribution >= 4 is 6.09 Å². The third-order valence-corrected chi connectivity index (χ3v) is 3.92. The molecule has 1 fully saturated rings. The molecular formula is C18H25F2NO2. The summed E-state index contributed by atoms with van der Waals surface area (Å²) in [7, 11) is 0. The molecule has 1 aliphatic rings. The fourth-order valence-corrected chi connectivity index (χ4v) is 2.83. The molecule has 0 spiro atoms. The van der Waals surface area contributed by atoms with Crippen LogP contribution >= 0.6 is 0 Å². The largest absolute Gasteiger partial charge is 0.444 e. The zero-order chi connectivity index (χ0) is 17.1. The Morgan fingerprint density at radius 2 is 1.91 bits per heavy atom. The second-order valence-electron chi connectivity index (χ2n) is 7.10. The van der Waals surface area contributed by atoms with Crippen LogP contribution < -0.4 is 0 Å². The van der Waals surface area contributed by atoms with Gasteiger partial charge in [-0.05, 0) is 45.6 Å². The van der Waals surface area contributed by atoms with Gasteiger partial charge in [-0.2, -0.15) is 0 Å². The third-order valence-electron chi connectivity index (χ3n) is 3.92. The van der Waals surface area contributed by atoms with Gasteiger partial charge in [0.05, 0.1) is 0 Å². The number of likely N-dealkylation sites (tertiary alicyclic amines) is 1. The number of benzene rings is 1. The molecule has 128 valence electrons. The highest BCUT2D eigenvalue weighted by Crippen LogP contribution is 2.35. The highest BCUT2D eigenvalue weighted by atomic mass is 19.3. The van der Waals surface area contributed by atoms with Gasteiger partial charge in [0, 0.05) is 13.0 Å². The molecule has 3 nitrogen and oxygen atoms in total. The van der Waals surface area contributed by atoms with E-state index in [9.17, 15) is 13.6 Å². The van der Waals surface area contributed by atoms with Gasteiger partial charge in [-0.25, -0.2) is 13.6 Å². The van der Waals surface area contributed by atoms with Crippen LogP contribution in [-0.2, 0) is 11.2 Å². The van der Waals surface area contributed by atoms with Crippen molar-refractivity contribution in [2.45, 2.75) is 64.0 Å². The summed E-state index contributed by atoms with van der Waals surface area (Å²) in [6.45, 7) is 5.54. The van der Waals surface area contributed by atoms with E-state index in [2.05, 4.69) is 0 Å². The minimum atomic E-state index is -2.91. The standard InChI is InChI=1S/C18H25F2NO2/c1-17(2,3)23-16(22)21-12-8-7-11-18(19,20)15(21)13-14-9-5-4-6-10-14/h4-6,9-10,15H,7-8,11-13H2,1-3H3. The second-order valence-corrected chi connectivity index (χ2v) is 7.10. The Bertz CT molecular complexity index is 526. The maximum absolute atomic E-state index is 14.6. The van der Waals surface area contributed by atoms with E-state index in [1.807, 2.05) is 30.3 Å². The number of alkyl halides is 2. The molecule has 1 heterocycles. The second kappa shape index (κ2) is 6.85. The molecule has 0 aromatic heterocycles. The van der Waals surface area contributed by atoms with Gasteiger partial charge in [-0.15, -0.1) is 0 Å². The van der Waals surface area contributed by atoms with Crippen molar-refractivity contribution in [3.8, 4) is 0 Å². The Kier molecular flexibility index (Phi) is 5.27. The van der Waals surface area contributed by atoms with Gasteiger partial charge < -0.3 is 4.74 Å². The van der Waals surface area contributed by atoms with E-state index in [1.165, 1.54) is 4.90 Å². The lowest BCUT2D eigenvalue weighted by Gasteiger charge is -2.36. The Balaban J connectivity index is 2.26. The van der Waals surface area contributed by atoms with E-state index in [1.54, 1.807) is 20.8 Å². The highest BCUT2D eigenvalue weighted by molar-refractivity contribution is 5.69. The van der Waals surface area contributed by atoms with E-state index < -0.39 is 23.7 Å². The van der Waals surface area contributed by atoms with Crippen LogP contribution in [0.2, 0.25) is 0 Å². The molecule has 2 rings (SSSR count). The Labute approximate surface area is 136 Å². The maximum Gasteiger partial charge on any atom is 0.410 e. The van der Waals surface area contributed by atoms with Crippen molar-refractivity contribution in [1.82, 2.24) is 4.90 Å². The molecule has 1 aliphatic heterocycles. The molecule has 0 radical (unpaired) electrons. The van der Waals surface area contributed by atoms with Crippen molar-refractivity contribution in [1.29, 1.82) is 0 Å². The molecule has 1 unspecified atom stereocenters. The lowest BCUT2D eigenvalue weighted by molar-refractivity contribution is -0.0808. The predicted molar refractivity (Wildman–Crippen MR) is 85.7 cm³/mol. The Morgan fingerprint density at radius 3 is 2.52 bits per heavy atom. The number of hydrogen-bond acceptors (Lipinski definition) is 2. The van der Waals surface area contributed by atoms with Crippen LogP contribution in [0.15, 0.2) is 30.3 Å². The third kappa shape index (κ3) is 4.91. The molecule has 0 N–H and O–H groups in total. The van der Waals surface area contributed by atoms with Gasteiger partial charge in [-0.1, -0.05) is 30.3 Å². The lowest BCUT2D eigenvalue weighted by atomic mass is 9.97. The highest BCUT2D eigenvalue weighted by Gasteiger charge is 2.46. The molecule has 1 saturated heterocycles. The Morgan fingerprint density at radius 1 is 1.26 bits per heavy atom. The smallest absolute Gasteiger partial charge is 0.410 e. The molecule has 0 saturated carbocycles. The molecule has 0 aliphatic carbocycles. The summed E-state index contributed by atoms with van der Waals surface area (Å²) in [5.74, 6) is -2.91. The fourth-order valence-electron chi connectivity index (χ4n) is 2.83. The van der Waals surface area contributed by atoms with Crippen LogP contribution in [0, 0.1) is 0 Å². The maximum atomic E-state index is 14.6. The average Bonchev–Trinajstić information content (AvgIpc) is 2.58. The fraction of sp³-hybridized carbons (Fsp3) is 0.611. The first-order valence-corrected chi connectivity index (χ1v) is 8.10. The quantitative estimate of drug-likeness (QED) is 0.792. The monoisotopic (exact) mass is 325 g/mol. The predicted octanol–water partition coefficient (Wildman–Crippen LogP) is 4.65. The van der Waals surface area contributed by atoms with Crippen LogP contribution in [0.4, 0.5) is 13.6 Å². The van der Waals surface area contributed by atoms with Crippen molar-refractivity contribution in [2.24, 2.45) is 0 Å². The molecule has 23 heavy (non-hydrogen) atoms. The summed E-state index contributed by atoms with van der Waals surface area (Å²) in [5, 5.41) is 0. The molecule has 1 aromatic rings. The van der Waals surface area contributed by atoms with Crippen molar-refractivity contribution in [3.05, 3.63) is 35.9 Å². The summed E-state index contributed by atoms with van der Waals surface area (Å²) in [6, 6.07) is 7.95. The lowest BCUT2D eigenvalue weighted by Crippen LogP contribution is -2.52. The Hall–Kier alpha value is -1.65. The van der Waals surface area contributed by atoms with Gasteiger partial charge >= 0.3 is 6.09 Å². The first kappa shape index (κ1) is 17.7. The van der Waals surface area contributed by atoms with Gasteiger partial charge in [-0.3, -0.25) is 4.90 Å². The summed E-state index contributed by atoms with van der Waals surface area (Å²) in [6.07, 6.45) is 0.272. The van der Waals surface area contributed by atoms with Crippen LogP contribution in [0.5, 0.6) is 0 Å². The molecule has 5 heteroatoms. The SMILES string of the molecule is CC(C)(C)OC(=O)N1CCCCC(F)(F)C1Cc1ccccc1. The van der Waals surface area contributed by atoms with Gasteiger partial charge in [0.15, 0.2) is 0 Å². The molecular weight excluding hydrogens is 300 g/mol. The number of hydrogen-bond donors (Lipinski definition) is 0. The van der Waals surface area contributed by atoms with Crippen molar-refractivity contribution < 1.29 is 18.3 Å². The normalized spacial score (nSPS) is 21.6. The number of carbonyl (C=O) groups excluding carboxylic acids is 1. The van der Waals surface area contributed by atoms with E-state index in [0.29, 0.717) is 19.4 Å². The van der Waals surface area contributed by atoms with Crippen LogP contribution in [0.1, 0.15) is 45.6 Å². The number of nitrogens with zero attached hydrogens (tertiary/aromatic N) is 1. The first-order valence-electron chi connectivity index (χ1n) is 8.10. The van der Waals surface area contributed by atoms with Gasteiger partial charge in [0.25, 0.3) is 5.92 Å². The van der Waals surface area contributed by atoms with Crippen LogP contribution in [0.3, 0.4) is 0 Å². The average molecular weight is 325 g/mol. The number of rotatable bonds is 2. The molecule has 0 bridgehead atoms. The van der Waals surface area contributed by atoms with Gasteiger partial charge in [0.2, 0.25) is 0 Å².